The van der Waals surface area contributed by atoms with Crippen LogP contribution in [0.25, 0.3) is 33.0 Å². The van der Waals surface area contributed by atoms with Crippen molar-refractivity contribution in [1.29, 1.82) is 0 Å². The Morgan fingerprint density at radius 3 is 2.23 bits per heavy atom. The minimum atomic E-state index is 0. The first-order valence-corrected chi connectivity index (χ1v) is 12.2. The van der Waals surface area contributed by atoms with Crippen molar-refractivity contribution in [3.05, 3.63) is 114 Å². The Balaban J connectivity index is 0.000000239. The summed E-state index contributed by atoms with van der Waals surface area (Å²) in [6, 6.07) is 38.0. The van der Waals surface area contributed by atoms with Crippen molar-refractivity contribution in [1.82, 2.24) is 0 Å². The van der Waals surface area contributed by atoms with Gasteiger partial charge in [0.2, 0.25) is 0 Å². The van der Waals surface area contributed by atoms with Gasteiger partial charge in [-0.05, 0) is 11.5 Å². The van der Waals surface area contributed by atoms with E-state index < -0.39 is 0 Å². The van der Waals surface area contributed by atoms with E-state index in [1.54, 1.807) is 0 Å². The summed E-state index contributed by atoms with van der Waals surface area (Å²) in [7, 11) is 0.795. The fourth-order valence-corrected chi connectivity index (χ4v) is 5.89. The molecule has 0 saturated carbocycles. The van der Waals surface area contributed by atoms with Gasteiger partial charge in [0.25, 0.3) is 0 Å². The Hall–Kier alpha value is -1.83. The summed E-state index contributed by atoms with van der Waals surface area (Å²) in [5.41, 5.74) is 8.27. The molecule has 0 N–H and O–H groups in total. The summed E-state index contributed by atoms with van der Waals surface area (Å²) >= 11 is 0. The van der Waals surface area contributed by atoms with E-state index in [9.17, 15) is 0 Å². The van der Waals surface area contributed by atoms with Crippen LogP contribution in [0.4, 0.5) is 0 Å². The molecule has 6 rings (SSSR count). The number of rotatable bonds is 2. The largest absolute Gasteiger partial charge is 4.00 e. The van der Waals surface area contributed by atoms with Gasteiger partial charge in [0.1, 0.15) is 0 Å². The van der Waals surface area contributed by atoms with E-state index in [1.165, 1.54) is 54.5 Å². The molecule has 0 saturated heterocycles. The Labute approximate surface area is 243 Å². The Bertz CT molecular complexity index is 1350. The zero-order chi connectivity index (χ0) is 22.1. The van der Waals surface area contributed by atoms with Crippen LogP contribution >= 0.6 is 0 Å². The number of hydrogen-bond acceptors (Lipinski definition) is 0. The molecule has 172 valence electrons. The van der Waals surface area contributed by atoms with Gasteiger partial charge >= 0.3 is 26.2 Å². The van der Waals surface area contributed by atoms with Gasteiger partial charge in [0, 0.05) is 0 Å². The van der Waals surface area contributed by atoms with Crippen LogP contribution in [0.1, 0.15) is 30.9 Å². The van der Waals surface area contributed by atoms with Gasteiger partial charge in [-0.1, -0.05) is 97.2 Å². The summed E-state index contributed by atoms with van der Waals surface area (Å²) in [5, 5.41) is 5.55. The Morgan fingerprint density at radius 2 is 1.49 bits per heavy atom. The molecule has 35 heavy (non-hydrogen) atoms. The Morgan fingerprint density at radius 1 is 0.800 bits per heavy atom. The maximum atomic E-state index is 3.31. The molecule has 5 aromatic rings. The first kappa shape index (κ1) is 29.4. The maximum Gasteiger partial charge on any atom is 4.00 e. The average molecular weight is 589 g/mol. The predicted molar refractivity (Wildman–Crippen MR) is 140 cm³/mol. The minimum absolute atomic E-state index is 0. The van der Waals surface area contributed by atoms with E-state index in [-0.39, 0.29) is 51.0 Å². The topological polar surface area (TPSA) is 0 Å². The zero-order valence-electron chi connectivity index (χ0n) is 20.1. The van der Waals surface area contributed by atoms with Crippen molar-refractivity contribution < 1.29 is 51.0 Å². The number of aryl methyl sites for hydroxylation is 1. The van der Waals surface area contributed by atoms with Gasteiger partial charge in [-0.2, -0.15) is 35.5 Å². The van der Waals surface area contributed by atoms with Crippen LogP contribution in [0.5, 0.6) is 0 Å². The predicted octanol–water partition coefficient (Wildman–Crippen LogP) is 0.785. The molecule has 0 nitrogen and oxygen atoms in total. The van der Waals surface area contributed by atoms with Crippen molar-refractivity contribution >= 4 is 30.7 Å². The van der Waals surface area contributed by atoms with Crippen LogP contribution in [0.15, 0.2) is 97.1 Å². The minimum Gasteiger partial charge on any atom is -1.00 e. The van der Waals surface area contributed by atoms with Gasteiger partial charge in [-0.3, -0.25) is 0 Å². The fourth-order valence-electron chi connectivity index (χ4n) is 4.58. The van der Waals surface area contributed by atoms with Crippen LogP contribution in [-0.4, -0.2) is 9.52 Å². The molecular weight excluding hydrogens is 563 g/mol. The fraction of sp³-hybridized carbons (Fsp3) is 0.129. The average Bonchev–Trinajstić information content (AvgIpc) is 3.38. The van der Waals surface area contributed by atoms with Crippen molar-refractivity contribution in [2.24, 2.45) is 0 Å². The standard InChI is InChI=1S/C19H19.C12H7Si.2ClH.Zr/c1-13(2)17-10-9-16-11-14(3)12-18(16)19(17)15-7-5-4-6-8-15;1-3-7-11-9(5-1)10-6-2-4-8-12(10)13-11;;;/h4-13H,1-3H3;1-7H;2*1H;/q2*-1;;;+4/p-2. The van der Waals surface area contributed by atoms with Crippen LogP contribution in [0.3, 0.4) is 0 Å². The third-order valence-corrected chi connectivity index (χ3v) is 7.45. The molecule has 1 aliphatic heterocycles. The molecule has 0 bridgehead atoms. The molecule has 0 atom stereocenters. The Kier molecular flexibility index (Phi) is 10.9. The zero-order valence-corrected chi connectivity index (χ0v) is 25.0. The van der Waals surface area contributed by atoms with E-state index in [4.69, 9.17) is 0 Å². The van der Waals surface area contributed by atoms with E-state index in [0.717, 1.165) is 9.52 Å². The molecule has 0 aliphatic carbocycles. The smallest absolute Gasteiger partial charge is 1.00 e. The summed E-state index contributed by atoms with van der Waals surface area (Å²) in [6.07, 6.45) is 0. The quantitative estimate of drug-likeness (QED) is 0.207. The normalized spacial score (nSPS) is 10.7. The van der Waals surface area contributed by atoms with E-state index in [2.05, 4.69) is 118 Å². The first-order valence-electron chi connectivity index (χ1n) is 11.2. The molecule has 0 aromatic heterocycles. The van der Waals surface area contributed by atoms with Crippen molar-refractivity contribution in [3.63, 3.8) is 0 Å². The number of halogens is 2. The van der Waals surface area contributed by atoms with Gasteiger partial charge in [0.15, 0.2) is 0 Å². The first-order chi connectivity index (χ1) is 15.6. The summed E-state index contributed by atoms with van der Waals surface area (Å²) in [5.74, 6) is 0.537. The van der Waals surface area contributed by atoms with Crippen LogP contribution in [0, 0.1) is 13.0 Å². The van der Waals surface area contributed by atoms with E-state index >= 15 is 0 Å². The molecule has 0 unspecified atom stereocenters. The van der Waals surface area contributed by atoms with Crippen molar-refractivity contribution in [3.8, 4) is 22.3 Å². The second-order valence-electron chi connectivity index (χ2n) is 8.72. The molecule has 0 fully saturated rings. The van der Waals surface area contributed by atoms with Gasteiger partial charge < -0.3 is 24.8 Å². The van der Waals surface area contributed by atoms with Crippen molar-refractivity contribution in [2.75, 3.05) is 0 Å². The van der Waals surface area contributed by atoms with Gasteiger partial charge in [-0.25, -0.2) is 0 Å². The molecule has 4 heteroatoms. The van der Waals surface area contributed by atoms with Crippen LogP contribution in [0.2, 0.25) is 0 Å². The van der Waals surface area contributed by atoms with Crippen LogP contribution < -0.4 is 35.2 Å². The second-order valence-corrected chi connectivity index (χ2v) is 10.0. The molecule has 0 amide bonds. The third-order valence-electron chi connectivity index (χ3n) is 6.08. The SMILES string of the molecule is Cc1cc2c(-c3ccccc3)c(C(C)C)ccc2[cH-]1.[Cl-].[Cl-].[Zr+4].[c-]1cccc2c1[Si]c1ccccc1-2. The third kappa shape index (κ3) is 6.12. The summed E-state index contributed by atoms with van der Waals surface area (Å²) < 4.78 is 0. The van der Waals surface area contributed by atoms with Crippen molar-refractivity contribution in [2.45, 2.75) is 26.7 Å². The molecule has 5 aromatic carbocycles. The van der Waals surface area contributed by atoms with E-state index in [0.29, 0.717) is 5.92 Å². The van der Waals surface area contributed by atoms with Gasteiger partial charge in [0.05, 0.1) is 9.52 Å². The molecule has 2 radical (unpaired) electrons. The molecule has 1 heterocycles. The molecule has 1 aliphatic rings. The monoisotopic (exact) mass is 586 g/mol. The van der Waals surface area contributed by atoms with Gasteiger partial charge in [-0.15, -0.1) is 40.1 Å². The molecular formula is C31H26Cl2SiZr. The number of hydrogen-bond donors (Lipinski definition) is 0. The summed E-state index contributed by atoms with van der Waals surface area (Å²) in [6.45, 7) is 6.70. The number of fused-ring (bicyclic) bond motifs is 4. The molecule has 0 spiro atoms. The maximum absolute atomic E-state index is 3.31. The van der Waals surface area contributed by atoms with Crippen LogP contribution in [-0.2, 0) is 26.2 Å². The number of benzene rings is 4. The summed E-state index contributed by atoms with van der Waals surface area (Å²) in [4.78, 5) is 0. The second kappa shape index (κ2) is 12.9. The van der Waals surface area contributed by atoms with E-state index in [1.807, 2.05) is 6.07 Å².